The second-order valence-corrected chi connectivity index (χ2v) is 7.13. The molecule has 0 aromatic carbocycles. The molecule has 7 nitrogen and oxygen atoms in total. The summed E-state index contributed by atoms with van der Waals surface area (Å²) in [7, 11) is 1.67. The van der Waals surface area contributed by atoms with Crippen molar-refractivity contribution in [2.45, 2.75) is 25.3 Å². The highest BCUT2D eigenvalue weighted by molar-refractivity contribution is 7.21. The number of amides is 1. The molecule has 1 aliphatic rings. The average molecular weight is 364 g/mol. The fourth-order valence-electron chi connectivity index (χ4n) is 3.30. The van der Waals surface area contributed by atoms with Crippen molar-refractivity contribution >= 4 is 38.8 Å². The van der Waals surface area contributed by atoms with Crippen molar-refractivity contribution in [3.63, 3.8) is 0 Å². The molecule has 0 radical (unpaired) electrons. The zero-order valence-corrected chi connectivity index (χ0v) is 15.2. The molecule has 1 aliphatic heterocycles. The highest BCUT2D eigenvalue weighted by Crippen LogP contribution is 2.40. The van der Waals surface area contributed by atoms with E-state index in [0.29, 0.717) is 30.4 Å². The van der Waals surface area contributed by atoms with E-state index in [9.17, 15) is 4.79 Å². The molecule has 2 aromatic rings. The van der Waals surface area contributed by atoms with Crippen molar-refractivity contribution in [2.75, 3.05) is 44.1 Å². The Hall–Kier alpha value is -1.90. The van der Waals surface area contributed by atoms with Gasteiger partial charge in [0.1, 0.15) is 9.71 Å². The lowest BCUT2D eigenvalue weighted by atomic mass is 10.0. The molecule has 1 atom stereocenters. The second kappa shape index (κ2) is 7.99. The number of hydrogen-bond acceptors (Lipinski definition) is 7. The maximum atomic E-state index is 11.6. The molecule has 0 bridgehead atoms. The van der Waals surface area contributed by atoms with Gasteiger partial charge in [-0.2, -0.15) is 0 Å². The van der Waals surface area contributed by atoms with Crippen molar-refractivity contribution in [1.82, 2.24) is 4.98 Å². The van der Waals surface area contributed by atoms with Crippen molar-refractivity contribution < 1.29 is 14.3 Å². The number of ether oxygens (including phenoxy) is 2. The summed E-state index contributed by atoms with van der Waals surface area (Å²) in [4.78, 5) is 19.4. The molecule has 1 saturated heterocycles. The van der Waals surface area contributed by atoms with Gasteiger partial charge in [-0.15, -0.1) is 11.3 Å². The molecule has 0 unspecified atom stereocenters. The largest absolute Gasteiger partial charge is 0.397 e. The molecule has 0 saturated carbocycles. The molecule has 1 amide bonds. The third-order valence-corrected chi connectivity index (χ3v) is 5.64. The zero-order valence-electron chi connectivity index (χ0n) is 14.4. The molecule has 1 fully saturated rings. The van der Waals surface area contributed by atoms with Crippen molar-refractivity contribution in [2.24, 2.45) is 5.73 Å². The Balaban J connectivity index is 1.91. The molecule has 8 heteroatoms. The van der Waals surface area contributed by atoms with Gasteiger partial charge in [0, 0.05) is 19.9 Å². The van der Waals surface area contributed by atoms with Crippen LogP contribution in [0.2, 0.25) is 0 Å². The number of aromatic nitrogens is 1. The summed E-state index contributed by atoms with van der Waals surface area (Å²) in [6.07, 6.45) is 5.11. The Morgan fingerprint density at radius 3 is 3.04 bits per heavy atom. The standard InChI is InChI=1S/C17H24N4O3S/c1-23-8-9-24-10-11-4-2-3-7-21(11)12-5-6-20-17-13(12)14(18)15(25-17)16(19)22/h5-6,11H,2-4,7-10,18H2,1H3,(H2,19,22)/t11-/m0/s1. The minimum absolute atomic E-state index is 0.271. The van der Waals surface area contributed by atoms with Gasteiger partial charge in [-0.3, -0.25) is 4.79 Å². The minimum Gasteiger partial charge on any atom is -0.397 e. The third-order valence-electron chi connectivity index (χ3n) is 4.51. The van der Waals surface area contributed by atoms with E-state index < -0.39 is 5.91 Å². The number of carbonyl (C=O) groups is 1. The lowest BCUT2D eigenvalue weighted by molar-refractivity contribution is 0.0595. The molecule has 25 heavy (non-hydrogen) atoms. The van der Waals surface area contributed by atoms with Crippen molar-refractivity contribution in [3.8, 4) is 0 Å². The van der Waals surface area contributed by atoms with Gasteiger partial charge < -0.3 is 25.8 Å². The molecular weight excluding hydrogens is 340 g/mol. The number of fused-ring (bicyclic) bond motifs is 1. The lowest BCUT2D eigenvalue weighted by Gasteiger charge is -2.37. The number of nitrogens with two attached hydrogens (primary N) is 2. The van der Waals surface area contributed by atoms with Crippen LogP contribution in [0.5, 0.6) is 0 Å². The number of pyridine rings is 1. The van der Waals surface area contributed by atoms with Gasteiger partial charge in [0.25, 0.3) is 5.91 Å². The fourth-order valence-corrected chi connectivity index (χ4v) is 4.24. The Labute approximate surface area is 150 Å². The van der Waals surface area contributed by atoms with Crippen LogP contribution in [-0.4, -0.2) is 50.4 Å². The van der Waals surface area contributed by atoms with Crippen molar-refractivity contribution in [3.05, 3.63) is 17.1 Å². The van der Waals surface area contributed by atoms with Gasteiger partial charge in [0.2, 0.25) is 0 Å². The first-order chi connectivity index (χ1) is 12.1. The van der Waals surface area contributed by atoms with Crippen LogP contribution < -0.4 is 16.4 Å². The maximum absolute atomic E-state index is 11.6. The van der Waals surface area contributed by atoms with Crippen LogP contribution in [0.3, 0.4) is 0 Å². The topological polar surface area (TPSA) is 104 Å². The van der Waals surface area contributed by atoms with Gasteiger partial charge in [0.05, 0.1) is 42.6 Å². The Morgan fingerprint density at radius 2 is 2.28 bits per heavy atom. The molecule has 136 valence electrons. The number of primary amides is 1. The number of thiophene rings is 1. The smallest absolute Gasteiger partial charge is 0.260 e. The average Bonchev–Trinajstić information content (AvgIpc) is 2.96. The van der Waals surface area contributed by atoms with Gasteiger partial charge in [0.15, 0.2) is 0 Å². The van der Waals surface area contributed by atoms with Crippen LogP contribution in [-0.2, 0) is 9.47 Å². The number of nitrogens with zero attached hydrogens (tertiary/aromatic N) is 2. The summed E-state index contributed by atoms with van der Waals surface area (Å²) in [5.41, 5.74) is 13.1. The van der Waals surface area contributed by atoms with Crippen LogP contribution in [0.25, 0.3) is 10.2 Å². The Bertz CT molecular complexity index is 749. The summed E-state index contributed by atoms with van der Waals surface area (Å²) < 4.78 is 10.8. The van der Waals surface area contributed by atoms with E-state index in [4.69, 9.17) is 20.9 Å². The van der Waals surface area contributed by atoms with E-state index in [0.717, 1.165) is 35.3 Å². The number of methoxy groups -OCH3 is 1. The Morgan fingerprint density at radius 1 is 1.44 bits per heavy atom. The van der Waals surface area contributed by atoms with Gasteiger partial charge in [-0.25, -0.2) is 4.98 Å². The number of carbonyl (C=O) groups excluding carboxylic acids is 1. The van der Waals surface area contributed by atoms with E-state index in [1.807, 2.05) is 6.07 Å². The summed E-state index contributed by atoms with van der Waals surface area (Å²) in [5.74, 6) is -0.510. The van der Waals surface area contributed by atoms with Crippen LogP contribution in [0.1, 0.15) is 28.9 Å². The fraction of sp³-hybridized carbons (Fsp3) is 0.529. The van der Waals surface area contributed by atoms with E-state index in [1.165, 1.54) is 17.8 Å². The van der Waals surface area contributed by atoms with E-state index in [2.05, 4.69) is 9.88 Å². The van der Waals surface area contributed by atoms with Crippen LogP contribution in [0.15, 0.2) is 12.3 Å². The summed E-state index contributed by atoms with van der Waals surface area (Å²) >= 11 is 1.25. The predicted molar refractivity (Wildman–Crippen MR) is 100 cm³/mol. The SMILES string of the molecule is COCCOC[C@@H]1CCCCN1c1ccnc2sc(C(N)=O)c(N)c12. The van der Waals surface area contributed by atoms with E-state index in [1.54, 1.807) is 13.3 Å². The first-order valence-electron chi connectivity index (χ1n) is 8.43. The van der Waals surface area contributed by atoms with E-state index >= 15 is 0 Å². The van der Waals surface area contributed by atoms with E-state index in [-0.39, 0.29) is 6.04 Å². The Kier molecular flexibility index (Phi) is 5.72. The summed E-state index contributed by atoms with van der Waals surface area (Å²) in [5, 5.41) is 0.824. The van der Waals surface area contributed by atoms with Crippen LogP contribution >= 0.6 is 11.3 Å². The number of nitrogen functional groups attached to an aromatic ring is 1. The molecule has 2 aromatic heterocycles. The molecule has 3 heterocycles. The summed E-state index contributed by atoms with van der Waals surface area (Å²) in [6.45, 7) is 2.74. The van der Waals surface area contributed by atoms with Gasteiger partial charge in [-0.1, -0.05) is 0 Å². The minimum atomic E-state index is -0.510. The number of anilines is 2. The van der Waals surface area contributed by atoms with Crippen molar-refractivity contribution in [1.29, 1.82) is 0 Å². The van der Waals surface area contributed by atoms with Gasteiger partial charge >= 0.3 is 0 Å². The first kappa shape index (κ1) is 17.9. The predicted octanol–water partition coefficient (Wildman–Crippen LogP) is 2.00. The highest BCUT2D eigenvalue weighted by atomic mass is 32.1. The summed E-state index contributed by atoms with van der Waals surface area (Å²) in [6, 6.07) is 2.23. The molecule has 3 rings (SSSR count). The quantitative estimate of drug-likeness (QED) is 0.728. The molecule has 0 spiro atoms. The highest BCUT2D eigenvalue weighted by Gasteiger charge is 2.27. The monoisotopic (exact) mass is 364 g/mol. The number of rotatable bonds is 7. The lowest BCUT2D eigenvalue weighted by Crippen LogP contribution is -2.42. The molecule has 4 N–H and O–H groups in total. The second-order valence-electron chi connectivity index (χ2n) is 6.13. The number of piperidine rings is 1. The van der Waals surface area contributed by atoms with Crippen LogP contribution in [0.4, 0.5) is 11.4 Å². The normalized spacial score (nSPS) is 18.0. The maximum Gasteiger partial charge on any atom is 0.260 e. The molecular formula is C17H24N4O3S. The number of hydrogen-bond donors (Lipinski definition) is 2. The van der Waals surface area contributed by atoms with Gasteiger partial charge in [-0.05, 0) is 25.3 Å². The zero-order chi connectivity index (χ0) is 17.8. The molecule has 0 aliphatic carbocycles. The van der Waals surface area contributed by atoms with Crippen LogP contribution in [0, 0.1) is 0 Å². The first-order valence-corrected chi connectivity index (χ1v) is 9.25. The third kappa shape index (κ3) is 3.70.